The van der Waals surface area contributed by atoms with Gasteiger partial charge in [-0.25, -0.2) is 0 Å². The Morgan fingerprint density at radius 2 is 0.741 bits per heavy atom. The van der Waals surface area contributed by atoms with E-state index in [9.17, 15) is 0 Å². The summed E-state index contributed by atoms with van der Waals surface area (Å²) in [4.78, 5) is 0. The molecule has 27 heavy (non-hydrogen) atoms. The minimum absolute atomic E-state index is 0.956. The Kier molecular flexibility index (Phi) is 3.84. The summed E-state index contributed by atoms with van der Waals surface area (Å²) < 4.78 is 5.12. The van der Waals surface area contributed by atoms with Gasteiger partial charge < -0.3 is 4.42 Å². The number of rotatable bonds is 0. The summed E-state index contributed by atoms with van der Waals surface area (Å²) in [5, 5.41) is 9.20. The second kappa shape index (κ2) is 6.62. The zero-order valence-electron chi connectivity index (χ0n) is 14.8. The van der Waals surface area contributed by atoms with Gasteiger partial charge in [-0.2, -0.15) is 0 Å². The molecule has 5 aromatic carbocycles. The molecule has 1 heteroatoms. The molecule has 0 N–H and O–H groups in total. The molecule has 0 spiro atoms. The van der Waals surface area contributed by atoms with Crippen molar-refractivity contribution >= 4 is 43.3 Å². The molecule has 0 aliphatic rings. The Labute approximate surface area is 157 Å². The summed E-state index contributed by atoms with van der Waals surface area (Å²) in [6.07, 6.45) is 1.70. The fraction of sp³-hybridized carbons (Fsp3) is 0. The largest absolute Gasteiger partial charge is 0.464 e. The van der Waals surface area contributed by atoms with Gasteiger partial charge in [0.2, 0.25) is 0 Å². The molecule has 0 saturated heterocycles. The Bertz CT molecular complexity index is 1120. The van der Waals surface area contributed by atoms with Gasteiger partial charge in [0.05, 0.1) is 6.26 Å². The highest BCUT2D eigenvalue weighted by Crippen LogP contribution is 2.34. The molecule has 0 bridgehead atoms. The average Bonchev–Trinajstić information content (AvgIpc) is 3.23. The molecule has 1 heterocycles. The molecule has 0 aliphatic heterocycles. The maximum Gasteiger partial charge on any atom is 0.133 e. The number of hydrogen-bond acceptors (Lipinski definition) is 1. The highest BCUT2D eigenvalue weighted by Gasteiger charge is 2.06. The van der Waals surface area contributed by atoms with E-state index in [4.69, 9.17) is 4.42 Å². The van der Waals surface area contributed by atoms with E-state index in [0.717, 1.165) is 11.0 Å². The first-order valence-corrected chi connectivity index (χ1v) is 9.12. The van der Waals surface area contributed by atoms with Crippen LogP contribution in [-0.4, -0.2) is 0 Å². The Hall–Kier alpha value is -3.58. The van der Waals surface area contributed by atoms with Crippen LogP contribution in [0.25, 0.3) is 43.3 Å². The van der Waals surface area contributed by atoms with Gasteiger partial charge in [0.25, 0.3) is 0 Å². The molecule has 0 aliphatic carbocycles. The van der Waals surface area contributed by atoms with Gasteiger partial charge in [0, 0.05) is 5.39 Å². The van der Waals surface area contributed by atoms with Gasteiger partial charge in [0.15, 0.2) is 0 Å². The van der Waals surface area contributed by atoms with E-state index < -0.39 is 0 Å². The van der Waals surface area contributed by atoms with E-state index in [0.29, 0.717) is 0 Å². The van der Waals surface area contributed by atoms with E-state index in [1.807, 2.05) is 30.3 Å². The van der Waals surface area contributed by atoms with Gasteiger partial charge in [-0.1, -0.05) is 91.0 Å². The summed E-state index contributed by atoms with van der Waals surface area (Å²) in [5.74, 6) is 0. The second-order valence-electron chi connectivity index (χ2n) is 6.60. The lowest BCUT2D eigenvalue weighted by atomic mass is 9.95. The normalized spacial score (nSPS) is 11.0. The molecule has 0 amide bonds. The van der Waals surface area contributed by atoms with E-state index in [1.54, 1.807) is 6.26 Å². The number of benzene rings is 5. The molecule has 0 radical (unpaired) electrons. The first-order chi connectivity index (χ1) is 13.4. The first-order valence-electron chi connectivity index (χ1n) is 9.12. The molecule has 1 nitrogen and oxygen atoms in total. The lowest BCUT2D eigenvalue weighted by Crippen LogP contribution is -1.81. The fourth-order valence-electron chi connectivity index (χ4n) is 3.76. The highest BCUT2D eigenvalue weighted by atomic mass is 16.3. The standard InChI is InChI=1S/C18H12.C8H6O/c1-2-8-14-13(7-1)15-9-3-4-11-17(15)18-12-6-5-10-16(14)18;1-2-4-8-7(3-1)5-6-9-8/h1-12H;1-6H. The van der Waals surface area contributed by atoms with Crippen LogP contribution in [0.5, 0.6) is 0 Å². The van der Waals surface area contributed by atoms with Crippen LogP contribution in [-0.2, 0) is 0 Å². The molecule has 0 saturated carbocycles. The first kappa shape index (κ1) is 15.7. The maximum absolute atomic E-state index is 5.12. The van der Waals surface area contributed by atoms with Crippen molar-refractivity contribution in [2.24, 2.45) is 0 Å². The van der Waals surface area contributed by atoms with E-state index in [2.05, 4.69) is 72.8 Å². The lowest BCUT2D eigenvalue weighted by Gasteiger charge is -2.09. The van der Waals surface area contributed by atoms with Gasteiger partial charge in [-0.3, -0.25) is 0 Å². The summed E-state index contributed by atoms with van der Waals surface area (Å²) in [7, 11) is 0. The van der Waals surface area contributed by atoms with Crippen LogP contribution in [0.3, 0.4) is 0 Å². The number of hydrogen-bond donors (Lipinski definition) is 0. The van der Waals surface area contributed by atoms with Crippen molar-refractivity contribution in [3.05, 3.63) is 109 Å². The van der Waals surface area contributed by atoms with Crippen molar-refractivity contribution in [2.45, 2.75) is 0 Å². The van der Waals surface area contributed by atoms with Crippen LogP contribution >= 0.6 is 0 Å². The molecule has 128 valence electrons. The molecule has 6 rings (SSSR count). The molecule has 0 atom stereocenters. The molecular weight excluding hydrogens is 328 g/mol. The van der Waals surface area contributed by atoms with Crippen LogP contribution in [0.1, 0.15) is 0 Å². The topological polar surface area (TPSA) is 13.1 Å². The quantitative estimate of drug-likeness (QED) is 0.258. The Morgan fingerprint density at radius 1 is 0.370 bits per heavy atom. The third-order valence-electron chi connectivity index (χ3n) is 5.01. The van der Waals surface area contributed by atoms with Crippen LogP contribution in [0.15, 0.2) is 114 Å². The minimum atomic E-state index is 0.956. The van der Waals surface area contributed by atoms with Crippen molar-refractivity contribution in [3.8, 4) is 0 Å². The smallest absolute Gasteiger partial charge is 0.133 e. The van der Waals surface area contributed by atoms with Gasteiger partial charge in [-0.05, 0) is 44.5 Å². The summed E-state index contributed by atoms with van der Waals surface area (Å²) in [6, 6.07) is 35.9. The zero-order valence-corrected chi connectivity index (χ0v) is 14.8. The zero-order chi connectivity index (χ0) is 18.1. The third-order valence-corrected chi connectivity index (χ3v) is 5.01. The van der Waals surface area contributed by atoms with Crippen LogP contribution in [0, 0.1) is 0 Å². The van der Waals surface area contributed by atoms with E-state index in [1.165, 1.54) is 32.3 Å². The summed E-state index contributed by atoms with van der Waals surface area (Å²) >= 11 is 0. The number of para-hydroxylation sites is 1. The Morgan fingerprint density at radius 3 is 1.15 bits per heavy atom. The third kappa shape index (κ3) is 2.74. The van der Waals surface area contributed by atoms with Crippen LogP contribution in [0.4, 0.5) is 0 Å². The average molecular weight is 346 g/mol. The van der Waals surface area contributed by atoms with Crippen molar-refractivity contribution in [2.75, 3.05) is 0 Å². The van der Waals surface area contributed by atoms with Crippen LogP contribution < -0.4 is 0 Å². The minimum Gasteiger partial charge on any atom is -0.464 e. The molecule has 6 aromatic rings. The van der Waals surface area contributed by atoms with E-state index >= 15 is 0 Å². The fourth-order valence-corrected chi connectivity index (χ4v) is 3.76. The number of furan rings is 1. The Balaban J connectivity index is 0.000000149. The van der Waals surface area contributed by atoms with Crippen LogP contribution in [0.2, 0.25) is 0 Å². The van der Waals surface area contributed by atoms with Gasteiger partial charge >= 0.3 is 0 Å². The maximum atomic E-state index is 5.12. The molecule has 0 fully saturated rings. The monoisotopic (exact) mass is 346 g/mol. The van der Waals surface area contributed by atoms with Crippen molar-refractivity contribution < 1.29 is 4.42 Å². The molecule has 1 aromatic heterocycles. The van der Waals surface area contributed by atoms with Crippen molar-refractivity contribution in [1.82, 2.24) is 0 Å². The van der Waals surface area contributed by atoms with Gasteiger partial charge in [-0.15, -0.1) is 0 Å². The second-order valence-corrected chi connectivity index (χ2v) is 6.60. The highest BCUT2D eigenvalue weighted by molar-refractivity contribution is 6.25. The molecular formula is C26H18O. The lowest BCUT2D eigenvalue weighted by molar-refractivity contribution is 0.616. The summed E-state index contributed by atoms with van der Waals surface area (Å²) in [6.45, 7) is 0. The summed E-state index contributed by atoms with van der Waals surface area (Å²) in [5.41, 5.74) is 0.956. The molecule has 0 unspecified atom stereocenters. The van der Waals surface area contributed by atoms with E-state index in [-0.39, 0.29) is 0 Å². The predicted molar refractivity (Wildman–Crippen MR) is 115 cm³/mol. The SMILES string of the molecule is c1ccc2c(c1)c1ccccc1c1ccccc21.c1ccc2occc2c1. The predicted octanol–water partition coefficient (Wildman–Crippen LogP) is 7.58. The van der Waals surface area contributed by atoms with Crippen molar-refractivity contribution in [3.63, 3.8) is 0 Å². The van der Waals surface area contributed by atoms with Gasteiger partial charge in [0.1, 0.15) is 5.58 Å². The van der Waals surface area contributed by atoms with Crippen molar-refractivity contribution in [1.29, 1.82) is 0 Å². The number of fused-ring (bicyclic) bond motifs is 7.